The summed E-state index contributed by atoms with van der Waals surface area (Å²) in [5.74, 6) is -0.664. The molecule has 0 aliphatic heterocycles. The van der Waals surface area contributed by atoms with Crippen molar-refractivity contribution in [1.29, 1.82) is 0 Å². The van der Waals surface area contributed by atoms with E-state index in [1.807, 2.05) is 0 Å². The van der Waals surface area contributed by atoms with E-state index in [1.165, 1.54) is 22.3 Å². The fourth-order valence-electron chi connectivity index (χ4n) is 3.20. The first-order valence-electron chi connectivity index (χ1n) is 9.89. The Morgan fingerprint density at radius 3 is 2.61 bits per heavy atom. The van der Waals surface area contributed by atoms with Crippen molar-refractivity contribution in [2.75, 3.05) is 13.2 Å². The molecule has 31 heavy (non-hydrogen) atoms. The molecule has 164 valence electrons. The van der Waals surface area contributed by atoms with Gasteiger partial charge in [0.2, 0.25) is 0 Å². The molecule has 3 aromatic rings. The predicted octanol–water partition coefficient (Wildman–Crippen LogP) is 3.44. The van der Waals surface area contributed by atoms with Crippen LogP contribution in [0.3, 0.4) is 0 Å². The van der Waals surface area contributed by atoms with Gasteiger partial charge in [0, 0.05) is 11.6 Å². The van der Waals surface area contributed by atoms with Crippen LogP contribution in [-0.4, -0.2) is 42.8 Å². The van der Waals surface area contributed by atoms with Crippen molar-refractivity contribution in [2.45, 2.75) is 30.4 Å². The third-order valence-electron chi connectivity index (χ3n) is 4.75. The van der Waals surface area contributed by atoms with Gasteiger partial charge in [-0.05, 0) is 49.2 Å². The van der Waals surface area contributed by atoms with E-state index in [2.05, 4.69) is 6.58 Å². The fraction of sp³-hybridized carbons (Fsp3) is 0.261. The lowest BCUT2D eigenvalue weighted by Crippen LogP contribution is -2.33. The van der Waals surface area contributed by atoms with E-state index in [1.54, 1.807) is 55.5 Å². The number of rotatable bonds is 10. The lowest BCUT2D eigenvalue weighted by molar-refractivity contribution is -0.165. The van der Waals surface area contributed by atoms with Gasteiger partial charge in [0.1, 0.15) is 6.10 Å². The first kappa shape index (κ1) is 22.7. The van der Waals surface area contributed by atoms with Crippen LogP contribution in [0.15, 0.2) is 78.3 Å². The van der Waals surface area contributed by atoms with Crippen molar-refractivity contribution in [2.24, 2.45) is 0 Å². The molecular weight excluding hydrogens is 418 g/mol. The molecule has 2 atom stereocenters. The Morgan fingerprint density at radius 1 is 1.19 bits per heavy atom. The highest BCUT2D eigenvalue weighted by Gasteiger charge is 2.30. The minimum Gasteiger partial charge on any atom is -0.464 e. The molecule has 7 nitrogen and oxygen atoms in total. The van der Waals surface area contributed by atoms with E-state index in [9.17, 15) is 18.3 Å². The summed E-state index contributed by atoms with van der Waals surface area (Å²) in [4.78, 5) is 12.5. The number of aliphatic hydroxyl groups is 1. The summed E-state index contributed by atoms with van der Waals surface area (Å²) in [6, 6.07) is 14.6. The third kappa shape index (κ3) is 4.87. The van der Waals surface area contributed by atoms with Crippen LogP contribution in [0.2, 0.25) is 0 Å². The lowest BCUT2D eigenvalue weighted by atomic mass is 10.0. The Bertz CT molecular complexity index is 1150. The SMILES string of the molecule is C=CCCOC(C(=O)OCC)C(O)c1ccc2c(ccn2S(=O)(=O)c2ccccc2)c1. The van der Waals surface area contributed by atoms with Crippen molar-refractivity contribution in [3.05, 3.63) is 79.0 Å². The standard InChI is InChI=1S/C23H25NO6S/c1-3-5-15-30-22(23(26)29-4-2)21(25)18-11-12-20-17(16-18)13-14-24(20)31(27,28)19-9-7-6-8-10-19/h3,6-14,16,21-22,25H,1,4-5,15H2,2H3. The predicted molar refractivity (Wildman–Crippen MR) is 117 cm³/mol. The van der Waals surface area contributed by atoms with Crippen LogP contribution >= 0.6 is 0 Å². The van der Waals surface area contributed by atoms with Crippen molar-refractivity contribution in [3.8, 4) is 0 Å². The van der Waals surface area contributed by atoms with E-state index in [0.29, 0.717) is 22.9 Å². The number of ether oxygens (including phenoxy) is 2. The number of carbonyl (C=O) groups is 1. The Labute approximate surface area is 181 Å². The summed E-state index contributed by atoms with van der Waals surface area (Å²) in [5, 5.41) is 11.4. The largest absolute Gasteiger partial charge is 0.464 e. The summed E-state index contributed by atoms with van der Waals surface area (Å²) >= 11 is 0. The number of benzene rings is 2. The summed E-state index contributed by atoms with van der Waals surface area (Å²) < 4.78 is 37.7. The number of hydrogen-bond acceptors (Lipinski definition) is 6. The maximum absolute atomic E-state index is 13.0. The molecule has 0 saturated carbocycles. The van der Waals surface area contributed by atoms with Gasteiger partial charge < -0.3 is 14.6 Å². The van der Waals surface area contributed by atoms with Gasteiger partial charge in [-0.1, -0.05) is 30.3 Å². The molecule has 2 aromatic carbocycles. The van der Waals surface area contributed by atoms with Crippen LogP contribution in [0.25, 0.3) is 10.9 Å². The minimum atomic E-state index is -3.76. The van der Waals surface area contributed by atoms with Crippen LogP contribution < -0.4 is 0 Å². The van der Waals surface area contributed by atoms with Gasteiger partial charge in [-0.3, -0.25) is 0 Å². The van der Waals surface area contributed by atoms with E-state index in [4.69, 9.17) is 9.47 Å². The van der Waals surface area contributed by atoms with Gasteiger partial charge in [-0.25, -0.2) is 17.2 Å². The number of aliphatic hydroxyl groups excluding tert-OH is 1. The van der Waals surface area contributed by atoms with E-state index >= 15 is 0 Å². The number of aromatic nitrogens is 1. The van der Waals surface area contributed by atoms with Crippen LogP contribution in [0.1, 0.15) is 25.0 Å². The van der Waals surface area contributed by atoms with Gasteiger partial charge in [0.05, 0.1) is 23.6 Å². The zero-order valence-corrected chi connectivity index (χ0v) is 18.0. The molecule has 1 heterocycles. The molecule has 2 unspecified atom stereocenters. The third-order valence-corrected chi connectivity index (χ3v) is 6.45. The molecule has 0 aliphatic carbocycles. The van der Waals surface area contributed by atoms with Crippen molar-refractivity contribution in [3.63, 3.8) is 0 Å². The molecule has 1 aromatic heterocycles. The maximum Gasteiger partial charge on any atom is 0.338 e. The second-order valence-corrected chi connectivity index (χ2v) is 8.63. The summed E-state index contributed by atoms with van der Waals surface area (Å²) in [5.41, 5.74) is 0.874. The van der Waals surface area contributed by atoms with Gasteiger partial charge in [0.25, 0.3) is 10.0 Å². The number of carbonyl (C=O) groups excluding carboxylic acids is 1. The molecular formula is C23H25NO6S. The highest BCUT2D eigenvalue weighted by molar-refractivity contribution is 7.90. The quantitative estimate of drug-likeness (QED) is 0.293. The number of hydrogen-bond donors (Lipinski definition) is 1. The maximum atomic E-state index is 13.0. The molecule has 0 saturated heterocycles. The second-order valence-electron chi connectivity index (χ2n) is 6.81. The van der Waals surface area contributed by atoms with E-state index < -0.39 is 28.2 Å². The molecule has 0 amide bonds. The molecule has 0 spiro atoms. The van der Waals surface area contributed by atoms with Gasteiger partial charge in [-0.15, -0.1) is 6.58 Å². The molecule has 3 rings (SSSR count). The lowest BCUT2D eigenvalue weighted by Gasteiger charge is -2.22. The van der Waals surface area contributed by atoms with Crippen LogP contribution in [0.5, 0.6) is 0 Å². The second kappa shape index (κ2) is 9.91. The topological polar surface area (TPSA) is 94.8 Å². The number of esters is 1. The van der Waals surface area contributed by atoms with Crippen molar-refractivity contribution < 1.29 is 27.8 Å². The minimum absolute atomic E-state index is 0.159. The van der Waals surface area contributed by atoms with E-state index in [0.717, 1.165) is 0 Å². The Hall–Kier alpha value is -2.94. The van der Waals surface area contributed by atoms with Gasteiger partial charge >= 0.3 is 5.97 Å². The van der Waals surface area contributed by atoms with Crippen molar-refractivity contribution >= 4 is 26.9 Å². The Kier molecular flexibility index (Phi) is 7.27. The smallest absolute Gasteiger partial charge is 0.338 e. The van der Waals surface area contributed by atoms with Gasteiger partial charge in [0.15, 0.2) is 6.10 Å². The normalized spacial score (nSPS) is 13.6. The molecule has 0 bridgehead atoms. The highest BCUT2D eigenvalue weighted by Crippen LogP contribution is 2.27. The molecule has 0 radical (unpaired) electrons. The summed E-state index contributed by atoms with van der Waals surface area (Å²) in [6.45, 7) is 5.65. The zero-order valence-electron chi connectivity index (χ0n) is 17.2. The average molecular weight is 444 g/mol. The molecule has 0 fully saturated rings. The van der Waals surface area contributed by atoms with E-state index in [-0.39, 0.29) is 18.1 Å². The number of fused-ring (bicyclic) bond motifs is 1. The zero-order chi connectivity index (χ0) is 22.4. The van der Waals surface area contributed by atoms with Crippen LogP contribution in [0.4, 0.5) is 0 Å². The number of nitrogens with zero attached hydrogens (tertiary/aromatic N) is 1. The monoisotopic (exact) mass is 443 g/mol. The summed E-state index contributed by atoms with van der Waals surface area (Å²) in [6.07, 6.45) is 1.15. The average Bonchev–Trinajstić information content (AvgIpc) is 3.21. The fourth-order valence-corrected chi connectivity index (χ4v) is 4.58. The molecule has 8 heteroatoms. The first-order valence-corrected chi connectivity index (χ1v) is 11.3. The highest BCUT2D eigenvalue weighted by atomic mass is 32.2. The first-order chi connectivity index (χ1) is 14.9. The molecule has 0 aliphatic rings. The Balaban J connectivity index is 1.93. The summed E-state index contributed by atoms with van der Waals surface area (Å²) in [7, 11) is -3.76. The van der Waals surface area contributed by atoms with Crippen LogP contribution in [0, 0.1) is 0 Å². The Morgan fingerprint density at radius 2 is 1.94 bits per heavy atom. The van der Waals surface area contributed by atoms with Crippen molar-refractivity contribution in [1.82, 2.24) is 3.97 Å². The van der Waals surface area contributed by atoms with Crippen LogP contribution in [-0.2, 0) is 24.3 Å². The van der Waals surface area contributed by atoms with Gasteiger partial charge in [-0.2, -0.15) is 0 Å². The molecule has 1 N–H and O–H groups in total.